The molecule has 3 aromatic carbocycles. The van der Waals surface area contributed by atoms with E-state index in [2.05, 4.69) is 95.8 Å². The molecule has 0 aromatic heterocycles. The number of hydrogen-bond donors (Lipinski definition) is 1. The highest BCUT2D eigenvalue weighted by Crippen LogP contribution is 2.40. The number of benzene rings is 3. The SMILES string of the molecule is C=C(/C=C/CNCCCc1ccc(C2=C(c3ccc4c(c3)C=NC4)CCCc3ccccc32)cc1)N(C)C. The largest absolute Gasteiger partial charge is 0.378 e. The molecule has 0 amide bonds. The summed E-state index contributed by atoms with van der Waals surface area (Å²) in [4.78, 5) is 6.50. The van der Waals surface area contributed by atoms with Crippen LogP contribution in [0.15, 0.2) is 96.2 Å². The van der Waals surface area contributed by atoms with Crippen molar-refractivity contribution in [1.82, 2.24) is 10.2 Å². The molecule has 3 heteroatoms. The van der Waals surface area contributed by atoms with E-state index in [-0.39, 0.29) is 0 Å². The van der Waals surface area contributed by atoms with Crippen LogP contribution in [0.25, 0.3) is 11.1 Å². The number of rotatable bonds is 10. The summed E-state index contributed by atoms with van der Waals surface area (Å²) in [5.74, 6) is 0. The molecule has 0 bridgehead atoms. The van der Waals surface area contributed by atoms with Crippen LogP contribution in [0, 0.1) is 0 Å². The first-order valence-electron chi connectivity index (χ1n) is 13.9. The fraction of sp³-hybridized carbons (Fsp3) is 0.286. The van der Waals surface area contributed by atoms with Crippen LogP contribution in [0.2, 0.25) is 0 Å². The lowest BCUT2D eigenvalue weighted by molar-refractivity contribution is 0.532. The molecule has 0 radical (unpaired) electrons. The Kier molecular flexibility index (Phi) is 8.35. The molecular formula is C35H39N3. The summed E-state index contributed by atoms with van der Waals surface area (Å²) in [5, 5.41) is 3.51. The molecule has 194 valence electrons. The Labute approximate surface area is 228 Å². The molecule has 1 aliphatic carbocycles. The fourth-order valence-electron chi connectivity index (χ4n) is 5.42. The number of aryl methyl sites for hydroxylation is 2. The Morgan fingerprint density at radius 1 is 0.974 bits per heavy atom. The molecule has 1 heterocycles. The van der Waals surface area contributed by atoms with Crippen molar-refractivity contribution in [2.24, 2.45) is 4.99 Å². The highest BCUT2D eigenvalue weighted by molar-refractivity contribution is 6.00. The first-order chi connectivity index (χ1) is 18.6. The second-order valence-electron chi connectivity index (χ2n) is 10.5. The van der Waals surface area contributed by atoms with Crippen molar-refractivity contribution in [3.05, 3.63) is 130 Å². The summed E-state index contributed by atoms with van der Waals surface area (Å²) in [7, 11) is 4.03. The monoisotopic (exact) mass is 501 g/mol. The smallest absolute Gasteiger partial charge is 0.0646 e. The Balaban J connectivity index is 1.33. The van der Waals surface area contributed by atoms with E-state index in [0.717, 1.165) is 51.0 Å². The molecular weight excluding hydrogens is 462 g/mol. The topological polar surface area (TPSA) is 27.6 Å². The lowest BCUT2D eigenvalue weighted by Gasteiger charge is -2.17. The molecule has 1 N–H and O–H groups in total. The highest BCUT2D eigenvalue weighted by Gasteiger charge is 2.20. The van der Waals surface area contributed by atoms with E-state index in [1.54, 1.807) is 0 Å². The molecule has 1 aliphatic heterocycles. The number of nitrogens with zero attached hydrogens (tertiary/aromatic N) is 2. The predicted octanol–water partition coefficient (Wildman–Crippen LogP) is 7.07. The molecule has 0 fully saturated rings. The van der Waals surface area contributed by atoms with Crippen LogP contribution < -0.4 is 5.32 Å². The fourth-order valence-corrected chi connectivity index (χ4v) is 5.42. The van der Waals surface area contributed by atoms with Gasteiger partial charge < -0.3 is 10.2 Å². The molecule has 38 heavy (non-hydrogen) atoms. The van der Waals surface area contributed by atoms with Crippen LogP contribution >= 0.6 is 0 Å². The average molecular weight is 502 g/mol. The van der Waals surface area contributed by atoms with Crippen molar-refractivity contribution in [3.8, 4) is 0 Å². The van der Waals surface area contributed by atoms with Crippen LogP contribution in [-0.2, 0) is 19.4 Å². The molecule has 0 saturated carbocycles. The van der Waals surface area contributed by atoms with Gasteiger partial charge in [-0.2, -0.15) is 0 Å². The molecule has 3 aromatic rings. The van der Waals surface area contributed by atoms with Gasteiger partial charge in [0.15, 0.2) is 0 Å². The number of nitrogens with one attached hydrogen (secondary N) is 1. The van der Waals surface area contributed by atoms with Gasteiger partial charge in [0.1, 0.15) is 0 Å². The van der Waals surface area contributed by atoms with E-state index in [4.69, 9.17) is 0 Å². The highest BCUT2D eigenvalue weighted by atomic mass is 15.1. The van der Waals surface area contributed by atoms with Gasteiger partial charge in [-0.15, -0.1) is 0 Å². The van der Waals surface area contributed by atoms with E-state index in [1.807, 2.05) is 25.2 Å². The number of aliphatic imine (C=N–C) groups is 1. The second kappa shape index (κ2) is 12.2. The van der Waals surface area contributed by atoms with Crippen LogP contribution in [0.5, 0.6) is 0 Å². The van der Waals surface area contributed by atoms with Crippen molar-refractivity contribution >= 4 is 17.4 Å². The maximum absolute atomic E-state index is 4.48. The molecule has 0 spiro atoms. The number of fused-ring (bicyclic) bond motifs is 2. The van der Waals surface area contributed by atoms with Crippen molar-refractivity contribution < 1.29 is 0 Å². The standard InChI is InChI=1S/C35H39N3/c1-26(38(2)3)9-7-21-36-22-8-10-27-15-17-29(18-16-27)35-33-13-5-4-11-28(33)12-6-14-34(35)30-19-20-31-24-37-25-32(31)23-30/h4-5,7,9,11,13,15-20,23,25,36H,1,6,8,10,12,14,21-22,24H2,2-3H3/b9-7+. The lowest BCUT2D eigenvalue weighted by atomic mass is 9.86. The minimum atomic E-state index is 0.810. The van der Waals surface area contributed by atoms with Gasteiger partial charge in [0, 0.05) is 32.6 Å². The van der Waals surface area contributed by atoms with Crippen LogP contribution in [0.3, 0.4) is 0 Å². The van der Waals surface area contributed by atoms with Gasteiger partial charge in [0.05, 0.1) is 6.54 Å². The van der Waals surface area contributed by atoms with Gasteiger partial charge >= 0.3 is 0 Å². The van der Waals surface area contributed by atoms with Crippen molar-refractivity contribution in [2.75, 3.05) is 27.2 Å². The van der Waals surface area contributed by atoms with Gasteiger partial charge in [0.25, 0.3) is 0 Å². The maximum atomic E-state index is 4.48. The number of allylic oxidation sites excluding steroid dienone is 2. The van der Waals surface area contributed by atoms with E-state index in [0.29, 0.717) is 0 Å². The minimum Gasteiger partial charge on any atom is -0.378 e. The van der Waals surface area contributed by atoms with E-state index >= 15 is 0 Å². The number of likely N-dealkylation sites (N-methyl/N-ethyl adjacent to an activating group) is 1. The first kappa shape index (κ1) is 25.9. The van der Waals surface area contributed by atoms with E-state index in [1.165, 1.54) is 56.5 Å². The van der Waals surface area contributed by atoms with Crippen LogP contribution in [0.1, 0.15) is 58.2 Å². The molecule has 0 saturated heterocycles. The van der Waals surface area contributed by atoms with Crippen LogP contribution in [-0.4, -0.2) is 38.3 Å². The minimum absolute atomic E-state index is 0.810. The van der Waals surface area contributed by atoms with Crippen molar-refractivity contribution in [2.45, 2.75) is 38.6 Å². The molecule has 0 unspecified atom stereocenters. The third kappa shape index (κ3) is 6.06. The molecule has 3 nitrogen and oxygen atoms in total. The zero-order valence-corrected chi connectivity index (χ0v) is 22.8. The Morgan fingerprint density at radius 3 is 2.63 bits per heavy atom. The third-order valence-corrected chi connectivity index (χ3v) is 7.66. The van der Waals surface area contributed by atoms with Gasteiger partial charge in [-0.3, -0.25) is 4.99 Å². The zero-order chi connectivity index (χ0) is 26.3. The van der Waals surface area contributed by atoms with Gasteiger partial charge in [-0.25, -0.2) is 0 Å². The quantitative estimate of drug-likeness (QED) is 0.238. The summed E-state index contributed by atoms with van der Waals surface area (Å²) >= 11 is 0. The number of hydrogen-bond acceptors (Lipinski definition) is 3. The Bertz CT molecular complexity index is 1370. The van der Waals surface area contributed by atoms with Gasteiger partial charge in [-0.05, 0) is 101 Å². The molecule has 2 aliphatic rings. The first-order valence-corrected chi connectivity index (χ1v) is 13.9. The lowest BCUT2D eigenvalue weighted by Crippen LogP contribution is -2.16. The third-order valence-electron chi connectivity index (χ3n) is 7.66. The normalized spacial score (nSPS) is 14.5. The van der Waals surface area contributed by atoms with E-state index < -0.39 is 0 Å². The van der Waals surface area contributed by atoms with Crippen molar-refractivity contribution in [3.63, 3.8) is 0 Å². The summed E-state index contributed by atoms with van der Waals surface area (Å²) in [5.41, 5.74) is 13.4. The van der Waals surface area contributed by atoms with Gasteiger partial charge in [0.2, 0.25) is 0 Å². The Hall–Kier alpha value is -3.69. The average Bonchev–Trinajstić information content (AvgIpc) is 3.32. The second-order valence-corrected chi connectivity index (χ2v) is 10.5. The predicted molar refractivity (Wildman–Crippen MR) is 163 cm³/mol. The zero-order valence-electron chi connectivity index (χ0n) is 22.8. The van der Waals surface area contributed by atoms with Crippen LogP contribution in [0.4, 0.5) is 0 Å². The summed E-state index contributed by atoms with van der Waals surface area (Å²) < 4.78 is 0. The van der Waals surface area contributed by atoms with E-state index in [9.17, 15) is 0 Å². The summed E-state index contributed by atoms with van der Waals surface area (Å²) in [6, 6.07) is 25.2. The Morgan fingerprint density at radius 2 is 1.79 bits per heavy atom. The molecule has 5 rings (SSSR count). The summed E-state index contributed by atoms with van der Waals surface area (Å²) in [6.45, 7) is 6.71. The summed E-state index contributed by atoms with van der Waals surface area (Å²) in [6.07, 6.45) is 11.8. The molecule has 0 atom stereocenters. The van der Waals surface area contributed by atoms with Crippen molar-refractivity contribution in [1.29, 1.82) is 0 Å². The van der Waals surface area contributed by atoms with Gasteiger partial charge in [-0.1, -0.05) is 73.3 Å². The maximum Gasteiger partial charge on any atom is 0.0646 e.